The van der Waals surface area contributed by atoms with Gasteiger partial charge in [0.2, 0.25) is 0 Å². The summed E-state index contributed by atoms with van der Waals surface area (Å²) in [6, 6.07) is 5.52. The van der Waals surface area contributed by atoms with E-state index in [1.54, 1.807) is 0 Å². The van der Waals surface area contributed by atoms with E-state index in [4.69, 9.17) is 10.5 Å². The minimum Gasteiger partial charge on any atom is -0.462 e. The molecule has 0 saturated carbocycles. The molecule has 1 heterocycles. The summed E-state index contributed by atoms with van der Waals surface area (Å²) in [5.41, 5.74) is 8.14. The largest absolute Gasteiger partial charge is 0.462 e. The lowest BCUT2D eigenvalue weighted by Gasteiger charge is -2.10. The van der Waals surface area contributed by atoms with Gasteiger partial charge in [0, 0.05) is 12.1 Å². The lowest BCUT2D eigenvalue weighted by atomic mass is 10.3. The quantitative estimate of drug-likeness (QED) is 0.676. The van der Waals surface area contributed by atoms with Crippen molar-refractivity contribution in [2.45, 2.75) is 39.8 Å². The Morgan fingerprint density at radius 1 is 1.47 bits per heavy atom. The number of aromatic nitrogens is 2. The molecule has 0 bridgehead atoms. The summed E-state index contributed by atoms with van der Waals surface area (Å²) >= 11 is 0. The average molecular weight is 261 g/mol. The Morgan fingerprint density at radius 2 is 2.21 bits per heavy atom. The maximum absolute atomic E-state index is 11.8. The molecule has 1 aromatic heterocycles. The van der Waals surface area contributed by atoms with Crippen LogP contribution in [-0.4, -0.2) is 21.6 Å². The van der Waals surface area contributed by atoms with Gasteiger partial charge in [-0.2, -0.15) is 0 Å². The fraction of sp³-hybridized carbons (Fsp3) is 0.429. The van der Waals surface area contributed by atoms with Crippen molar-refractivity contribution in [1.29, 1.82) is 0 Å². The molecule has 0 radical (unpaired) electrons. The number of hydrogen-bond acceptors (Lipinski definition) is 4. The maximum Gasteiger partial charge on any atom is 0.326 e. The molecular weight excluding hydrogens is 242 g/mol. The molecule has 0 fully saturated rings. The summed E-state index contributed by atoms with van der Waals surface area (Å²) in [7, 11) is 0. The van der Waals surface area contributed by atoms with Gasteiger partial charge in [-0.25, -0.2) is 4.98 Å². The number of benzene rings is 1. The van der Waals surface area contributed by atoms with E-state index in [9.17, 15) is 4.79 Å². The van der Waals surface area contributed by atoms with Gasteiger partial charge < -0.3 is 15.0 Å². The lowest BCUT2D eigenvalue weighted by molar-refractivity contribution is -0.148. The monoisotopic (exact) mass is 261 g/mol. The molecule has 2 rings (SSSR count). The second-order valence-corrected chi connectivity index (χ2v) is 4.75. The van der Waals surface area contributed by atoms with Crippen LogP contribution in [-0.2, 0) is 22.5 Å². The Kier molecular flexibility index (Phi) is 3.74. The lowest BCUT2D eigenvalue weighted by Crippen LogP contribution is -2.18. The van der Waals surface area contributed by atoms with Crippen molar-refractivity contribution >= 4 is 22.7 Å². The molecule has 0 atom stereocenters. The normalized spacial score (nSPS) is 11.2. The molecule has 0 aliphatic carbocycles. The van der Waals surface area contributed by atoms with E-state index in [-0.39, 0.29) is 18.6 Å². The van der Waals surface area contributed by atoms with E-state index < -0.39 is 0 Å². The van der Waals surface area contributed by atoms with Gasteiger partial charge in [0.05, 0.1) is 17.1 Å². The average Bonchev–Trinajstić information content (AvgIpc) is 2.65. The topological polar surface area (TPSA) is 70.1 Å². The number of imidazole rings is 1. The van der Waals surface area contributed by atoms with Crippen LogP contribution in [0, 0.1) is 0 Å². The van der Waals surface area contributed by atoms with Crippen molar-refractivity contribution < 1.29 is 9.53 Å². The smallest absolute Gasteiger partial charge is 0.326 e. The standard InChI is InChI=1S/C14H19N3O2/c1-4-13-16-11-7-10(15)5-6-12(11)17(13)8-14(18)19-9(2)3/h5-7,9H,4,8,15H2,1-3H3. The molecule has 0 amide bonds. The minimum atomic E-state index is -0.249. The summed E-state index contributed by atoms with van der Waals surface area (Å²) in [4.78, 5) is 16.3. The third kappa shape index (κ3) is 2.86. The van der Waals surface area contributed by atoms with Crippen LogP contribution in [0.4, 0.5) is 5.69 Å². The number of anilines is 1. The second-order valence-electron chi connectivity index (χ2n) is 4.75. The molecule has 5 nitrogen and oxygen atoms in total. The van der Waals surface area contributed by atoms with E-state index in [0.717, 1.165) is 23.3 Å². The van der Waals surface area contributed by atoms with Crippen molar-refractivity contribution in [2.24, 2.45) is 0 Å². The molecule has 1 aromatic carbocycles. The van der Waals surface area contributed by atoms with E-state index >= 15 is 0 Å². The van der Waals surface area contributed by atoms with Gasteiger partial charge in [-0.05, 0) is 32.0 Å². The number of fused-ring (bicyclic) bond motifs is 1. The van der Waals surface area contributed by atoms with Gasteiger partial charge in [-0.3, -0.25) is 4.79 Å². The highest BCUT2D eigenvalue weighted by Gasteiger charge is 2.14. The Balaban J connectivity index is 2.38. The fourth-order valence-corrected chi connectivity index (χ4v) is 2.07. The maximum atomic E-state index is 11.8. The third-order valence-corrected chi connectivity index (χ3v) is 2.82. The van der Waals surface area contributed by atoms with Crippen molar-refractivity contribution in [1.82, 2.24) is 9.55 Å². The van der Waals surface area contributed by atoms with Crippen LogP contribution in [0.25, 0.3) is 11.0 Å². The van der Waals surface area contributed by atoms with E-state index in [0.29, 0.717) is 5.69 Å². The highest BCUT2D eigenvalue weighted by atomic mass is 16.5. The molecule has 0 unspecified atom stereocenters. The zero-order chi connectivity index (χ0) is 14.0. The first kappa shape index (κ1) is 13.4. The summed E-state index contributed by atoms with van der Waals surface area (Å²) in [6.07, 6.45) is 0.645. The molecule has 19 heavy (non-hydrogen) atoms. The molecule has 2 aromatic rings. The zero-order valence-corrected chi connectivity index (χ0v) is 11.5. The summed E-state index contributed by atoms with van der Waals surface area (Å²) < 4.78 is 7.07. The van der Waals surface area contributed by atoms with E-state index in [2.05, 4.69) is 4.98 Å². The second kappa shape index (κ2) is 5.30. The predicted octanol–water partition coefficient (Wildman–Crippen LogP) is 2.13. The van der Waals surface area contributed by atoms with Gasteiger partial charge >= 0.3 is 5.97 Å². The van der Waals surface area contributed by atoms with Gasteiger partial charge in [0.15, 0.2) is 0 Å². The molecular formula is C14H19N3O2. The zero-order valence-electron chi connectivity index (χ0n) is 11.5. The number of nitrogens with zero attached hydrogens (tertiary/aromatic N) is 2. The van der Waals surface area contributed by atoms with Gasteiger partial charge in [-0.15, -0.1) is 0 Å². The van der Waals surface area contributed by atoms with Crippen LogP contribution in [0.1, 0.15) is 26.6 Å². The molecule has 5 heteroatoms. The van der Waals surface area contributed by atoms with Gasteiger partial charge in [0.1, 0.15) is 12.4 Å². The van der Waals surface area contributed by atoms with Gasteiger partial charge in [0.25, 0.3) is 0 Å². The molecule has 2 N–H and O–H groups in total. The number of carbonyl (C=O) groups is 1. The Morgan fingerprint density at radius 3 is 2.84 bits per heavy atom. The number of ether oxygens (including phenoxy) is 1. The van der Waals surface area contributed by atoms with E-state index in [1.807, 2.05) is 43.5 Å². The van der Waals surface area contributed by atoms with Crippen molar-refractivity contribution in [2.75, 3.05) is 5.73 Å². The van der Waals surface area contributed by atoms with Gasteiger partial charge in [-0.1, -0.05) is 6.92 Å². The minimum absolute atomic E-state index is 0.108. The number of nitrogen functional groups attached to an aromatic ring is 1. The number of aryl methyl sites for hydroxylation is 1. The predicted molar refractivity (Wildman–Crippen MR) is 74.8 cm³/mol. The SMILES string of the molecule is CCc1nc2cc(N)ccc2n1CC(=O)OC(C)C. The number of rotatable bonds is 4. The molecule has 0 aliphatic heterocycles. The first-order chi connectivity index (χ1) is 9.01. The summed E-state index contributed by atoms with van der Waals surface area (Å²) in [6.45, 7) is 5.87. The van der Waals surface area contributed by atoms with Crippen LogP contribution in [0.3, 0.4) is 0 Å². The fourth-order valence-electron chi connectivity index (χ4n) is 2.07. The highest BCUT2D eigenvalue weighted by molar-refractivity contribution is 5.81. The third-order valence-electron chi connectivity index (χ3n) is 2.82. The summed E-state index contributed by atoms with van der Waals surface area (Å²) in [5, 5.41) is 0. The van der Waals surface area contributed by atoms with E-state index in [1.165, 1.54) is 0 Å². The Hall–Kier alpha value is -2.04. The van der Waals surface area contributed by atoms with Crippen molar-refractivity contribution in [3.63, 3.8) is 0 Å². The number of carbonyl (C=O) groups excluding carboxylic acids is 1. The molecule has 102 valence electrons. The first-order valence-electron chi connectivity index (χ1n) is 6.45. The number of esters is 1. The number of hydrogen-bond donors (Lipinski definition) is 1. The Bertz CT molecular complexity index is 602. The van der Waals surface area contributed by atoms with Crippen LogP contribution in [0.2, 0.25) is 0 Å². The van der Waals surface area contributed by atoms with Crippen LogP contribution in [0.15, 0.2) is 18.2 Å². The summed E-state index contributed by atoms with van der Waals surface area (Å²) in [5.74, 6) is 0.613. The van der Waals surface area contributed by atoms with Crippen LogP contribution < -0.4 is 5.73 Å². The van der Waals surface area contributed by atoms with Crippen molar-refractivity contribution in [3.05, 3.63) is 24.0 Å². The molecule has 0 spiro atoms. The molecule has 0 saturated heterocycles. The first-order valence-corrected chi connectivity index (χ1v) is 6.45. The van der Waals surface area contributed by atoms with Crippen LogP contribution >= 0.6 is 0 Å². The molecule has 0 aliphatic rings. The Labute approximate surface area is 112 Å². The number of nitrogens with two attached hydrogens (primary N) is 1. The van der Waals surface area contributed by atoms with Crippen LogP contribution in [0.5, 0.6) is 0 Å². The van der Waals surface area contributed by atoms with Crippen molar-refractivity contribution in [3.8, 4) is 0 Å². The highest BCUT2D eigenvalue weighted by Crippen LogP contribution is 2.19.